The first-order chi connectivity index (χ1) is 12.9. The van der Waals surface area contributed by atoms with Gasteiger partial charge in [0.2, 0.25) is 0 Å². The number of fused-ring (bicyclic) bond motifs is 1. The van der Waals surface area contributed by atoms with Crippen molar-refractivity contribution in [1.82, 2.24) is 9.47 Å². The van der Waals surface area contributed by atoms with E-state index < -0.39 is 29.3 Å². The van der Waals surface area contributed by atoms with Crippen LogP contribution in [0.4, 0.5) is 5.69 Å². The molecule has 0 N–H and O–H groups in total. The zero-order chi connectivity index (χ0) is 19.6. The largest absolute Gasteiger partial charge is 0.451 e. The monoisotopic (exact) mass is 379 g/mol. The number of carbonyl (C=O) groups is 2. The fourth-order valence-corrected chi connectivity index (χ4v) is 2.77. The zero-order valence-electron chi connectivity index (χ0n) is 14.5. The molecule has 2 aromatic rings. The van der Waals surface area contributed by atoms with Crippen molar-refractivity contribution < 1.29 is 28.4 Å². The number of non-ortho nitro benzene ring substituents is 1. The molecule has 1 fully saturated rings. The molecule has 1 saturated heterocycles. The average molecular weight is 379 g/mol. The number of aromatic nitrogens is 1. The average Bonchev–Trinajstić information content (AvgIpc) is 2.96. The van der Waals surface area contributed by atoms with Crippen LogP contribution < -0.4 is 5.76 Å². The molecule has 11 heteroatoms. The summed E-state index contributed by atoms with van der Waals surface area (Å²) < 4.78 is 16.2. The Morgan fingerprint density at radius 3 is 2.70 bits per heavy atom. The minimum absolute atomic E-state index is 0.0144. The lowest BCUT2D eigenvalue weighted by Gasteiger charge is -2.28. The molecule has 3 rings (SSSR count). The summed E-state index contributed by atoms with van der Waals surface area (Å²) >= 11 is 0. The molecule has 0 radical (unpaired) electrons. The number of esters is 1. The fraction of sp³-hybridized carbons (Fsp3) is 0.438. The highest BCUT2D eigenvalue weighted by Gasteiger charge is 2.26. The standard InChI is InChI=1S/C16H17N3O8/c1-10(15(21)17-4-6-25-7-5-17)26-14(20)9-18-12-3-2-11(19(23)24)8-13(12)27-16(18)22/h2-3,8,10H,4-7,9H2,1H3. The molecule has 0 saturated carbocycles. The smallest absolute Gasteiger partial charge is 0.420 e. The van der Waals surface area contributed by atoms with Crippen LogP contribution in [-0.4, -0.2) is 58.7 Å². The van der Waals surface area contributed by atoms with Crippen molar-refractivity contribution in [3.8, 4) is 0 Å². The maximum Gasteiger partial charge on any atom is 0.420 e. The van der Waals surface area contributed by atoms with Gasteiger partial charge >= 0.3 is 11.7 Å². The Morgan fingerprint density at radius 1 is 1.33 bits per heavy atom. The van der Waals surface area contributed by atoms with E-state index >= 15 is 0 Å². The molecular formula is C16H17N3O8. The van der Waals surface area contributed by atoms with Crippen LogP contribution in [0, 0.1) is 10.1 Å². The highest BCUT2D eigenvalue weighted by molar-refractivity contribution is 5.84. The minimum Gasteiger partial charge on any atom is -0.451 e. The molecule has 0 aliphatic carbocycles. The molecule has 144 valence electrons. The van der Waals surface area contributed by atoms with Crippen molar-refractivity contribution in [3.63, 3.8) is 0 Å². The first kappa shape index (κ1) is 18.6. The minimum atomic E-state index is -1.01. The van der Waals surface area contributed by atoms with Gasteiger partial charge in [-0.1, -0.05) is 0 Å². The van der Waals surface area contributed by atoms with E-state index in [0.717, 1.165) is 10.6 Å². The summed E-state index contributed by atoms with van der Waals surface area (Å²) in [6.45, 7) is 2.67. The van der Waals surface area contributed by atoms with Gasteiger partial charge in [-0.15, -0.1) is 0 Å². The third-order valence-corrected chi connectivity index (χ3v) is 4.13. The van der Waals surface area contributed by atoms with Crippen LogP contribution in [0.3, 0.4) is 0 Å². The Hall–Kier alpha value is -3.21. The zero-order valence-corrected chi connectivity index (χ0v) is 14.5. The summed E-state index contributed by atoms with van der Waals surface area (Å²) in [7, 11) is 0. The third kappa shape index (κ3) is 3.97. The van der Waals surface area contributed by atoms with E-state index in [-0.39, 0.29) is 22.7 Å². The molecule has 1 amide bonds. The van der Waals surface area contributed by atoms with Gasteiger partial charge in [0.25, 0.3) is 11.6 Å². The Balaban J connectivity index is 1.70. The van der Waals surface area contributed by atoms with Gasteiger partial charge in [-0.2, -0.15) is 0 Å². The van der Waals surface area contributed by atoms with Crippen LogP contribution >= 0.6 is 0 Å². The molecule has 1 atom stereocenters. The molecule has 1 aromatic carbocycles. The van der Waals surface area contributed by atoms with Gasteiger partial charge in [0.15, 0.2) is 11.7 Å². The van der Waals surface area contributed by atoms with Crippen molar-refractivity contribution in [3.05, 3.63) is 38.9 Å². The van der Waals surface area contributed by atoms with Crippen molar-refractivity contribution in [1.29, 1.82) is 0 Å². The van der Waals surface area contributed by atoms with E-state index in [2.05, 4.69) is 0 Å². The van der Waals surface area contributed by atoms with E-state index in [4.69, 9.17) is 13.9 Å². The Bertz CT molecular complexity index is 941. The summed E-state index contributed by atoms with van der Waals surface area (Å²) in [5.74, 6) is -1.99. The lowest BCUT2D eigenvalue weighted by Crippen LogP contribution is -2.46. The molecular weight excluding hydrogens is 362 g/mol. The number of benzene rings is 1. The van der Waals surface area contributed by atoms with Gasteiger partial charge in [0, 0.05) is 19.2 Å². The van der Waals surface area contributed by atoms with Crippen LogP contribution in [0.5, 0.6) is 0 Å². The third-order valence-electron chi connectivity index (χ3n) is 4.13. The first-order valence-electron chi connectivity index (χ1n) is 8.20. The van der Waals surface area contributed by atoms with Gasteiger partial charge in [0.1, 0.15) is 6.54 Å². The summed E-state index contributed by atoms with van der Waals surface area (Å²) in [5.41, 5.74) is -0.0372. The second-order valence-corrected chi connectivity index (χ2v) is 5.93. The SMILES string of the molecule is CC(OC(=O)Cn1c(=O)oc2cc([N+](=O)[O-])ccc21)C(=O)N1CCOCC1. The normalized spacial score (nSPS) is 15.5. The highest BCUT2D eigenvalue weighted by atomic mass is 16.6. The molecule has 1 aliphatic rings. The molecule has 1 unspecified atom stereocenters. The van der Waals surface area contributed by atoms with Crippen molar-refractivity contribution in [2.24, 2.45) is 0 Å². The van der Waals surface area contributed by atoms with Crippen molar-refractivity contribution in [2.45, 2.75) is 19.6 Å². The number of nitro groups is 1. The number of nitro benzene ring substituents is 1. The van der Waals surface area contributed by atoms with E-state index in [1.165, 1.54) is 19.1 Å². The van der Waals surface area contributed by atoms with Crippen LogP contribution in [0.2, 0.25) is 0 Å². The summed E-state index contributed by atoms with van der Waals surface area (Å²) in [5, 5.41) is 10.8. The van der Waals surface area contributed by atoms with Gasteiger partial charge in [-0.05, 0) is 13.0 Å². The van der Waals surface area contributed by atoms with Gasteiger partial charge in [-0.25, -0.2) is 4.79 Å². The molecule has 27 heavy (non-hydrogen) atoms. The molecule has 2 heterocycles. The Labute approximate surface area is 152 Å². The number of amides is 1. The summed E-state index contributed by atoms with van der Waals surface area (Å²) in [6, 6.07) is 3.61. The number of nitrogens with zero attached hydrogens (tertiary/aromatic N) is 3. The van der Waals surface area contributed by atoms with Crippen LogP contribution in [0.25, 0.3) is 11.1 Å². The van der Waals surface area contributed by atoms with Crippen LogP contribution in [0.1, 0.15) is 6.92 Å². The molecule has 1 aromatic heterocycles. The molecule has 1 aliphatic heterocycles. The lowest BCUT2D eigenvalue weighted by atomic mass is 10.3. The van der Waals surface area contributed by atoms with Gasteiger partial charge in [0.05, 0.1) is 29.7 Å². The number of hydrogen-bond acceptors (Lipinski definition) is 8. The van der Waals surface area contributed by atoms with Crippen LogP contribution in [-0.2, 0) is 25.6 Å². The number of carbonyl (C=O) groups excluding carboxylic acids is 2. The summed E-state index contributed by atoms with van der Waals surface area (Å²) in [4.78, 5) is 48.1. The number of hydrogen-bond donors (Lipinski definition) is 0. The second-order valence-electron chi connectivity index (χ2n) is 5.93. The van der Waals surface area contributed by atoms with Gasteiger partial charge < -0.3 is 18.8 Å². The number of morpholine rings is 1. The van der Waals surface area contributed by atoms with E-state index in [9.17, 15) is 24.5 Å². The lowest BCUT2D eigenvalue weighted by molar-refractivity contribution is -0.384. The number of rotatable bonds is 5. The maximum atomic E-state index is 12.3. The maximum absolute atomic E-state index is 12.3. The van der Waals surface area contributed by atoms with Crippen LogP contribution in [0.15, 0.2) is 27.4 Å². The molecule has 0 bridgehead atoms. The van der Waals surface area contributed by atoms with Crippen molar-refractivity contribution >= 4 is 28.7 Å². The topological polar surface area (TPSA) is 134 Å². The molecule has 0 spiro atoms. The highest BCUT2D eigenvalue weighted by Crippen LogP contribution is 2.20. The Morgan fingerprint density at radius 2 is 2.04 bits per heavy atom. The second kappa shape index (κ2) is 7.58. The number of ether oxygens (including phenoxy) is 2. The van der Waals surface area contributed by atoms with E-state index in [1.54, 1.807) is 4.90 Å². The van der Waals surface area contributed by atoms with E-state index in [0.29, 0.717) is 26.3 Å². The van der Waals surface area contributed by atoms with E-state index in [1.807, 2.05) is 0 Å². The number of oxazole rings is 1. The van der Waals surface area contributed by atoms with Crippen molar-refractivity contribution in [2.75, 3.05) is 26.3 Å². The predicted molar refractivity (Wildman–Crippen MR) is 90.1 cm³/mol. The quantitative estimate of drug-likeness (QED) is 0.411. The summed E-state index contributed by atoms with van der Waals surface area (Å²) in [6.07, 6.45) is -1.01. The first-order valence-corrected chi connectivity index (χ1v) is 8.20. The Kier molecular flexibility index (Phi) is 5.21. The fourth-order valence-electron chi connectivity index (χ4n) is 2.77. The predicted octanol–water partition coefficient (Wildman–Crippen LogP) is 0.293. The molecule has 11 nitrogen and oxygen atoms in total. The van der Waals surface area contributed by atoms with Gasteiger partial charge in [-0.3, -0.25) is 24.3 Å².